The Balaban J connectivity index is 2.82. The van der Waals surface area contributed by atoms with Crippen LogP contribution in [0, 0.1) is 0 Å². The van der Waals surface area contributed by atoms with E-state index >= 15 is 0 Å². The van der Waals surface area contributed by atoms with Gasteiger partial charge in [-0.15, -0.1) is 0 Å². The summed E-state index contributed by atoms with van der Waals surface area (Å²) in [5.41, 5.74) is 1.10. The first-order valence-electron chi connectivity index (χ1n) is 4.58. The van der Waals surface area contributed by atoms with Crippen molar-refractivity contribution in [2.24, 2.45) is 0 Å². The predicted molar refractivity (Wildman–Crippen MR) is 56.2 cm³/mol. The van der Waals surface area contributed by atoms with Crippen LogP contribution >= 0.6 is 11.6 Å². The first-order valence-corrected chi connectivity index (χ1v) is 4.96. The van der Waals surface area contributed by atoms with Crippen molar-refractivity contribution in [3.05, 3.63) is 34.9 Å². The Bertz CT molecular complexity index is 273. The number of halogens is 1. The highest BCUT2D eigenvalue weighted by atomic mass is 35.5. The van der Waals surface area contributed by atoms with Crippen LogP contribution in [-0.4, -0.2) is 11.2 Å². The van der Waals surface area contributed by atoms with Crippen molar-refractivity contribution in [3.63, 3.8) is 0 Å². The zero-order valence-electron chi connectivity index (χ0n) is 8.00. The zero-order chi connectivity index (χ0) is 9.84. The van der Waals surface area contributed by atoms with E-state index in [1.54, 1.807) is 0 Å². The van der Waals surface area contributed by atoms with Gasteiger partial charge in [0.25, 0.3) is 0 Å². The molecule has 0 saturated heterocycles. The number of hydrogen-bond donors (Lipinski definition) is 1. The Morgan fingerprint density at radius 2 is 2.15 bits per heavy atom. The second-order valence-corrected chi connectivity index (χ2v) is 3.76. The third-order valence-electron chi connectivity index (χ3n) is 2.37. The maximum atomic E-state index is 9.63. The summed E-state index contributed by atoms with van der Waals surface area (Å²) in [5, 5.41) is 10.4. The fourth-order valence-electron chi connectivity index (χ4n) is 1.37. The van der Waals surface area contributed by atoms with Gasteiger partial charge in [-0.25, -0.2) is 0 Å². The Kier molecular flexibility index (Phi) is 3.76. The van der Waals surface area contributed by atoms with E-state index in [9.17, 15) is 5.11 Å². The van der Waals surface area contributed by atoms with E-state index in [4.69, 9.17) is 11.6 Å². The smallest absolute Gasteiger partial charge is 0.0603 e. The number of aliphatic hydroxyl groups excluding tert-OH is 1. The van der Waals surface area contributed by atoms with Crippen molar-refractivity contribution >= 4 is 11.6 Å². The first kappa shape index (κ1) is 10.6. The van der Waals surface area contributed by atoms with Crippen molar-refractivity contribution in [1.29, 1.82) is 0 Å². The van der Waals surface area contributed by atoms with Gasteiger partial charge in [0.2, 0.25) is 0 Å². The fourth-order valence-corrected chi connectivity index (χ4v) is 1.56. The molecule has 0 radical (unpaired) electrons. The Morgan fingerprint density at radius 3 is 2.69 bits per heavy atom. The molecule has 1 aromatic rings. The van der Waals surface area contributed by atoms with Gasteiger partial charge in [-0.05, 0) is 24.1 Å². The number of aliphatic hydroxyl groups is 1. The standard InChI is InChI=1S/C11H15ClO/c1-3-11(13)8(2)9-5-4-6-10(12)7-9/h4-8,11,13H,3H2,1-2H3. The van der Waals surface area contributed by atoms with Gasteiger partial charge >= 0.3 is 0 Å². The molecule has 0 fully saturated rings. The van der Waals surface area contributed by atoms with Crippen LogP contribution in [0.3, 0.4) is 0 Å². The monoisotopic (exact) mass is 198 g/mol. The molecular formula is C11H15ClO. The van der Waals surface area contributed by atoms with Gasteiger partial charge in [0.15, 0.2) is 0 Å². The minimum Gasteiger partial charge on any atom is -0.393 e. The summed E-state index contributed by atoms with van der Waals surface area (Å²) < 4.78 is 0. The van der Waals surface area contributed by atoms with Crippen LogP contribution in [0.2, 0.25) is 5.02 Å². The molecule has 0 bridgehead atoms. The molecule has 13 heavy (non-hydrogen) atoms. The summed E-state index contributed by atoms with van der Waals surface area (Å²) in [6, 6.07) is 7.66. The molecule has 2 atom stereocenters. The van der Waals surface area contributed by atoms with E-state index < -0.39 is 0 Å². The molecule has 0 aliphatic rings. The molecule has 1 rings (SSSR count). The topological polar surface area (TPSA) is 20.2 Å². The van der Waals surface area contributed by atoms with Crippen LogP contribution in [-0.2, 0) is 0 Å². The molecule has 0 aliphatic carbocycles. The number of hydrogen-bond acceptors (Lipinski definition) is 1. The summed E-state index contributed by atoms with van der Waals surface area (Å²) in [4.78, 5) is 0. The molecule has 72 valence electrons. The van der Waals surface area contributed by atoms with Crippen molar-refractivity contribution in [3.8, 4) is 0 Å². The van der Waals surface area contributed by atoms with Gasteiger partial charge in [0.05, 0.1) is 6.10 Å². The highest BCUT2D eigenvalue weighted by molar-refractivity contribution is 6.30. The van der Waals surface area contributed by atoms with Crippen LogP contribution in [0.5, 0.6) is 0 Å². The highest BCUT2D eigenvalue weighted by Gasteiger charge is 2.13. The van der Waals surface area contributed by atoms with Gasteiger partial charge in [0.1, 0.15) is 0 Å². The molecule has 1 nitrogen and oxygen atoms in total. The molecular weight excluding hydrogens is 184 g/mol. The molecule has 0 amide bonds. The van der Waals surface area contributed by atoms with E-state index in [1.807, 2.05) is 38.1 Å². The Hall–Kier alpha value is -0.530. The quantitative estimate of drug-likeness (QED) is 0.791. The summed E-state index contributed by atoms with van der Waals surface area (Å²) in [5.74, 6) is 0.156. The normalized spacial score (nSPS) is 15.4. The molecule has 0 spiro atoms. The lowest BCUT2D eigenvalue weighted by Gasteiger charge is -2.17. The van der Waals surface area contributed by atoms with Gasteiger partial charge in [-0.2, -0.15) is 0 Å². The van der Waals surface area contributed by atoms with E-state index in [0.717, 1.165) is 17.0 Å². The lowest BCUT2D eigenvalue weighted by atomic mass is 9.94. The predicted octanol–water partition coefficient (Wildman–Crippen LogP) is 3.21. The minimum absolute atomic E-state index is 0.156. The van der Waals surface area contributed by atoms with Crippen LogP contribution < -0.4 is 0 Å². The second-order valence-electron chi connectivity index (χ2n) is 3.32. The SMILES string of the molecule is CCC(O)C(C)c1cccc(Cl)c1. The van der Waals surface area contributed by atoms with Gasteiger partial charge in [-0.3, -0.25) is 0 Å². The summed E-state index contributed by atoms with van der Waals surface area (Å²) in [6.45, 7) is 3.99. The van der Waals surface area contributed by atoms with Crippen molar-refractivity contribution in [2.45, 2.75) is 32.3 Å². The fraction of sp³-hybridized carbons (Fsp3) is 0.455. The summed E-state index contributed by atoms with van der Waals surface area (Å²) in [7, 11) is 0. The maximum absolute atomic E-state index is 9.63. The maximum Gasteiger partial charge on any atom is 0.0603 e. The van der Waals surface area contributed by atoms with Crippen LogP contribution in [0.1, 0.15) is 31.7 Å². The van der Waals surface area contributed by atoms with Crippen molar-refractivity contribution in [2.75, 3.05) is 0 Å². The van der Waals surface area contributed by atoms with Crippen LogP contribution in [0.15, 0.2) is 24.3 Å². The number of benzene rings is 1. The van der Waals surface area contributed by atoms with Gasteiger partial charge in [-0.1, -0.05) is 37.6 Å². The summed E-state index contributed by atoms with van der Waals surface area (Å²) >= 11 is 5.86. The van der Waals surface area contributed by atoms with E-state index in [2.05, 4.69) is 0 Å². The van der Waals surface area contributed by atoms with Gasteiger partial charge < -0.3 is 5.11 Å². The van der Waals surface area contributed by atoms with Crippen LogP contribution in [0.4, 0.5) is 0 Å². The zero-order valence-corrected chi connectivity index (χ0v) is 8.75. The van der Waals surface area contributed by atoms with E-state index in [1.165, 1.54) is 0 Å². The largest absolute Gasteiger partial charge is 0.393 e. The third kappa shape index (κ3) is 2.71. The number of rotatable bonds is 3. The molecule has 1 aromatic carbocycles. The lowest BCUT2D eigenvalue weighted by Crippen LogP contribution is -2.14. The molecule has 2 unspecified atom stereocenters. The Morgan fingerprint density at radius 1 is 1.46 bits per heavy atom. The van der Waals surface area contributed by atoms with E-state index in [-0.39, 0.29) is 12.0 Å². The van der Waals surface area contributed by atoms with E-state index in [0.29, 0.717) is 0 Å². The first-order chi connectivity index (χ1) is 6.15. The third-order valence-corrected chi connectivity index (χ3v) is 2.60. The Labute approximate surface area is 84.4 Å². The molecule has 0 saturated carbocycles. The van der Waals surface area contributed by atoms with Crippen LogP contribution in [0.25, 0.3) is 0 Å². The van der Waals surface area contributed by atoms with Gasteiger partial charge in [0, 0.05) is 10.9 Å². The lowest BCUT2D eigenvalue weighted by molar-refractivity contribution is 0.145. The average molecular weight is 199 g/mol. The van der Waals surface area contributed by atoms with Crippen molar-refractivity contribution in [1.82, 2.24) is 0 Å². The highest BCUT2D eigenvalue weighted by Crippen LogP contribution is 2.23. The summed E-state index contributed by atoms with van der Waals surface area (Å²) in [6.07, 6.45) is 0.492. The molecule has 0 heterocycles. The molecule has 2 heteroatoms. The second kappa shape index (κ2) is 4.64. The molecule has 0 aromatic heterocycles. The molecule has 1 N–H and O–H groups in total. The van der Waals surface area contributed by atoms with Crippen molar-refractivity contribution < 1.29 is 5.11 Å². The average Bonchev–Trinajstić information content (AvgIpc) is 2.15. The molecule has 0 aliphatic heterocycles. The minimum atomic E-state index is -0.279.